The molecule has 1 aromatic heterocycles. The number of carbonyl (C=O) groups excluding carboxylic acids is 1. The first-order valence-electron chi connectivity index (χ1n) is 7.28. The molecule has 2 aromatic carbocycles. The van der Waals surface area contributed by atoms with E-state index in [-0.39, 0.29) is 5.91 Å². The third kappa shape index (κ3) is 3.66. The summed E-state index contributed by atoms with van der Waals surface area (Å²) in [6, 6.07) is 12.8. The number of halogens is 2. The van der Waals surface area contributed by atoms with Gasteiger partial charge in [-0.3, -0.25) is 4.79 Å². The quantitative estimate of drug-likeness (QED) is 0.704. The van der Waals surface area contributed by atoms with E-state index in [0.29, 0.717) is 22.2 Å². The summed E-state index contributed by atoms with van der Waals surface area (Å²) in [6.07, 6.45) is 2.62. The minimum Gasteiger partial charge on any atom is -0.352 e. The van der Waals surface area contributed by atoms with Gasteiger partial charge in [-0.15, -0.1) is 0 Å². The molecule has 118 valence electrons. The Bertz CT molecular complexity index is 845. The summed E-state index contributed by atoms with van der Waals surface area (Å²) in [5.74, 6) is -0.215. The normalized spacial score (nSPS) is 10.9. The monoisotopic (exact) mass is 347 g/mol. The van der Waals surface area contributed by atoms with Crippen molar-refractivity contribution in [3.8, 4) is 0 Å². The Hall–Kier alpha value is -2.04. The Balaban J connectivity index is 1.55. The summed E-state index contributed by atoms with van der Waals surface area (Å²) in [5.41, 5.74) is 2.46. The molecule has 0 fully saturated rings. The van der Waals surface area contributed by atoms with Gasteiger partial charge in [-0.2, -0.15) is 0 Å². The highest BCUT2D eigenvalue weighted by Crippen LogP contribution is 2.20. The highest BCUT2D eigenvalue weighted by atomic mass is 35.5. The zero-order valence-corrected chi connectivity index (χ0v) is 13.8. The largest absolute Gasteiger partial charge is 0.352 e. The van der Waals surface area contributed by atoms with Gasteiger partial charge in [-0.05, 0) is 36.8 Å². The van der Waals surface area contributed by atoms with E-state index >= 15 is 0 Å². The maximum atomic E-state index is 12.1. The van der Waals surface area contributed by atoms with E-state index in [2.05, 4.69) is 14.9 Å². The van der Waals surface area contributed by atoms with Crippen molar-refractivity contribution in [2.24, 2.45) is 0 Å². The molecule has 0 aliphatic heterocycles. The van der Waals surface area contributed by atoms with Gasteiger partial charge in [0.15, 0.2) is 0 Å². The van der Waals surface area contributed by atoms with Crippen molar-refractivity contribution in [3.05, 3.63) is 64.4 Å². The van der Waals surface area contributed by atoms with Gasteiger partial charge in [-0.25, -0.2) is 4.98 Å². The van der Waals surface area contributed by atoms with Crippen LogP contribution in [0.2, 0.25) is 10.0 Å². The van der Waals surface area contributed by atoms with Gasteiger partial charge in [0.25, 0.3) is 5.91 Å². The minimum atomic E-state index is -0.215. The van der Waals surface area contributed by atoms with Gasteiger partial charge in [0.2, 0.25) is 0 Å². The number of rotatable bonds is 5. The number of benzene rings is 2. The molecule has 0 saturated carbocycles. The van der Waals surface area contributed by atoms with Crippen LogP contribution in [0.5, 0.6) is 0 Å². The molecule has 0 aliphatic rings. The fourth-order valence-corrected chi connectivity index (χ4v) is 2.78. The van der Waals surface area contributed by atoms with Crippen LogP contribution >= 0.6 is 23.2 Å². The lowest BCUT2D eigenvalue weighted by atomic mass is 10.2. The topological polar surface area (TPSA) is 46.9 Å². The number of amides is 1. The molecule has 0 saturated heterocycles. The predicted molar refractivity (Wildman–Crippen MR) is 93.1 cm³/mol. The summed E-state index contributed by atoms with van der Waals surface area (Å²) in [7, 11) is 0. The lowest BCUT2D eigenvalue weighted by Gasteiger charge is -2.08. The van der Waals surface area contributed by atoms with Crippen LogP contribution in [0.4, 0.5) is 0 Å². The van der Waals surface area contributed by atoms with E-state index in [4.69, 9.17) is 23.2 Å². The van der Waals surface area contributed by atoms with Crippen molar-refractivity contribution in [1.29, 1.82) is 0 Å². The Morgan fingerprint density at radius 1 is 1.17 bits per heavy atom. The summed E-state index contributed by atoms with van der Waals surface area (Å²) >= 11 is 11.9. The molecule has 3 aromatic rings. The number of hydrogen-bond donors (Lipinski definition) is 1. The molecule has 0 atom stereocenters. The molecular formula is C17H15Cl2N3O. The number of carbonyl (C=O) groups is 1. The molecule has 3 rings (SSSR count). The average molecular weight is 348 g/mol. The molecule has 4 nitrogen and oxygen atoms in total. The van der Waals surface area contributed by atoms with Crippen LogP contribution < -0.4 is 5.32 Å². The second-order valence-corrected chi connectivity index (χ2v) is 6.00. The first-order valence-corrected chi connectivity index (χ1v) is 8.04. The van der Waals surface area contributed by atoms with E-state index in [1.54, 1.807) is 18.2 Å². The SMILES string of the molecule is O=C(NCCCn1cnc2ccccc21)c1cc(Cl)ccc1Cl. The van der Waals surface area contributed by atoms with Crippen LogP contribution in [-0.2, 0) is 6.54 Å². The van der Waals surface area contributed by atoms with E-state index in [0.717, 1.165) is 24.0 Å². The average Bonchev–Trinajstić information content (AvgIpc) is 2.97. The Morgan fingerprint density at radius 3 is 2.87 bits per heavy atom. The summed E-state index contributed by atoms with van der Waals surface area (Å²) in [5, 5.41) is 3.75. The molecule has 1 heterocycles. The van der Waals surface area contributed by atoms with Gasteiger partial charge in [0.1, 0.15) is 0 Å². The predicted octanol–water partition coefficient (Wildman–Crippen LogP) is 4.16. The van der Waals surface area contributed by atoms with Crippen LogP contribution in [0.15, 0.2) is 48.8 Å². The molecule has 0 aliphatic carbocycles. The molecule has 1 N–H and O–H groups in total. The molecule has 6 heteroatoms. The van der Waals surface area contributed by atoms with Crippen LogP contribution in [0.1, 0.15) is 16.8 Å². The maximum absolute atomic E-state index is 12.1. The molecule has 0 bridgehead atoms. The van der Waals surface area contributed by atoms with Crippen LogP contribution in [0.3, 0.4) is 0 Å². The van der Waals surface area contributed by atoms with Crippen LogP contribution in [0.25, 0.3) is 11.0 Å². The van der Waals surface area contributed by atoms with Crippen molar-refractivity contribution >= 4 is 40.1 Å². The number of para-hydroxylation sites is 2. The Kier molecular flexibility index (Phi) is 4.84. The number of imidazole rings is 1. The third-order valence-corrected chi connectivity index (χ3v) is 4.13. The molecular weight excluding hydrogens is 333 g/mol. The van der Waals surface area contributed by atoms with Crippen LogP contribution in [-0.4, -0.2) is 22.0 Å². The van der Waals surface area contributed by atoms with E-state index in [1.165, 1.54) is 0 Å². The van der Waals surface area contributed by atoms with Gasteiger partial charge < -0.3 is 9.88 Å². The van der Waals surface area contributed by atoms with Crippen molar-refractivity contribution < 1.29 is 4.79 Å². The lowest BCUT2D eigenvalue weighted by molar-refractivity contribution is 0.0953. The van der Waals surface area contributed by atoms with Gasteiger partial charge in [0.05, 0.1) is 27.9 Å². The van der Waals surface area contributed by atoms with Crippen LogP contribution in [0, 0.1) is 0 Å². The minimum absolute atomic E-state index is 0.215. The number of aryl methyl sites for hydroxylation is 1. The van der Waals surface area contributed by atoms with Crippen molar-refractivity contribution in [2.45, 2.75) is 13.0 Å². The second-order valence-electron chi connectivity index (χ2n) is 5.16. The number of nitrogens with zero attached hydrogens (tertiary/aromatic N) is 2. The van der Waals surface area contributed by atoms with Gasteiger partial charge >= 0.3 is 0 Å². The number of aromatic nitrogens is 2. The number of fused-ring (bicyclic) bond motifs is 1. The van der Waals surface area contributed by atoms with Crippen molar-refractivity contribution in [2.75, 3.05) is 6.54 Å². The smallest absolute Gasteiger partial charge is 0.252 e. The van der Waals surface area contributed by atoms with E-state index in [1.807, 2.05) is 30.6 Å². The molecule has 1 amide bonds. The van der Waals surface area contributed by atoms with Crippen molar-refractivity contribution in [1.82, 2.24) is 14.9 Å². The fraction of sp³-hybridized carbons (Fsp3) is 0.176. The lowest BCUT2D eigenvalue weighted by Crippen LogP contribution is -2.25. The standard InChI is InChI=1S/C17H15Cl2N3O/c18-12-6-7-14(19)13(10-12)17(23)20-8-3-9-22-11-21-15-4-1-2-5-16(15)22/h1-2,4-7,10-11H,3,8-9H2,(H,20,23). The Morgan fingerprint density at radius 2 is 2.00 bits per heavy atom. The first-order chi connectivity index (χ1) is 11.1. The van der Waals surface area contributed by atoms with E-state index < -0.39 is 0 Å². The third-order valence-electron chi connectivity index (χ3n) is 3.56. The summed E-state index contributed by atoms with van der Waals surface area (Å²) in [4.78, 5) is 16.5. The first kappa shape index (κ1) is 15.8. The highest BCUT2D eigenvalue weighted by molar-refractivity contribution is 6.35. The number of hydrogen-bond acceptors (Lipinski definition) is 2. The zero-order chi connectivity index (χ0) is 16.2. The zero-order valence-electron chi connectivity index (χ0n) is 12.3. The van der Waals surface area contributed by atoms with Gasteiger partial charge in [-0.1, -0.05) is 35.3 Å². The second kappa shape index (κ2) is 7.02. The summed E-state index contributed by atoms with van der Waals surface area (Å²) in [6.45, 7) is 1.33. The van der Waals surface area contributed by atoms with E-state index in [9.17, 15) is 4.79 Å². The maximum Gasteiger partial charge on any atom is 0.252 e. The highest BCUT2D eigenvalue weighted by Gasteiger charge is 2.10. The number of nitrogens with one attached hydrogen (secondary N) is 1. The Labute approximate surface area is 144 Å². The summed E-state index contributed by atoms with van der Waals surface area (Å²) < 4.78 is 2.08. The molecule has 23 heavy (non-hydrogen) atoms. The molecule has 0 radical (unpaired) electrons. The molecule has 0 spiro atoms. The van der Waals surface area contributed by atoms with Gasteiger partial charge in [0, 0.05) is 18.1 Å². The molecule has 0 unspecified atom stereocenters. The van der Waals surface area contributed by atoms with Crippen molar-refractivity contribution in [3.63, 3.8) is 0 Å². The fourth-order valence-electron chi connectivity index (χ4n) is 2.41.